The summed E-state index contributed by atoms with van der Waals surface area (Å²) in [5.74, 6) is 0.294. The van der Waals surface area contributed by atoms with Gasteiger partial charge in [0, 0.05) is 19.4 Å². The molecule has 0 saturated carbocycles. The van der Waals surface area contributed by atoms with Crippen LogP contribution in [0, 0.1) is 6.92 Å². The zero-order valence-electron chi connectivity index (χ0n) is 8.07. The van der Waals surface area contributed by atoms with Crippen molar-refractivity contribution in [3.63, 3.8) is 0 Å². The lowest BCUT2D eigenvalue weighted by molar-refractivity contribution is 0.290. The van der Waals surface area contributed by atoms with Crippen LogP contribution in [0.4, 0.5) is 0 Å². The number of hydrogen-bond donors (Lipinski definition) is 1. The van der Waals surface area contributed by atoms with Crippen LogP contribution in [0.2, 0.25) is 0 Å². The van der Waals surface area contributed by atoms with Gasteiger partial charge in [0.05, 0.1) is 0 Å². The Balaban J connectivity index is 3.05. The fourth-order valence-electron chi connectivity index (χ4n) is 1.22. The molecule has 0 fully saturated rings. The molecule has 0 atom stereocenters. The molecule has 1 aromatic carbocycles. The van der Waals surface area contributed by atoms with E-state index in [1.807, 2.05) is 25.1 Å². The summed E-state index contributed by atoms with van der Waals surface area (Å²) in [6.07, 6.45) is 0. The summed E-state index contributed by atoms with van der Waals surface area (Å²) in [4.78, 5) is 0. The number of rotatable bonds is 3. The second-order valence-corrected chi connectivity index (χ2v) is 5.04. The van der Waals surface area contributed by atoms with Crippen molar-refractivity contribution >= 4 is 14.5 Å². The van der Waals surface area contributed by atoms with E-state index in [2.05, 4.69) is 0 Å². The molecule has 0 amide bonds. The summed E-state index contributed by atoms with van der Waals surface area (Å²) in [5.41, 5.74) is 0.851. The van der Waals surface area contributed by atoms with Crippen molar-refractivity contribution in [1.82, 2.24) is 0 Å². The van der Waals surface area contributed by atoms with Crippen LogP contribution in [0.25, 0.3) is 0 Å². The minimum atomic E-state index is -1.87. The summed E-state index contributed by atoms with van der Waals surface area (Å²) in [7, 11) is 1.33. The lowest BCUT2D eigenvalue weighted by Crippen LogP contribution is -2.35. The lowest BCUT2D eigenvalue weighted by Gasteiger charge is -2.13. The maximum Gasteiger partial charge on any atom is 0.359 e. The van der Waals surface area contributed by atoms with E-state index in [-0.39, 0.29) is 0 Å². The normalized spacial score (nSPS) is 10.8. The monoisotopic (exact) mass is 198 g/mol. The third kappa shape index (κ3) is 2.09. The second-order valence-electron chi connectivity index (χ2n) is 2.82. The van der Waals surface area contributed by atoms with E-state index in [1.54, 1.807) is 14.2 Å². The fraction of sp³-hybridized carbons (Fsp3) is 0.333. The number of phenols is 1. The number of hydrogen-bond acceptors (Lipinski definition) is 3. The first-order valence-corrected chi connectivity index (χ1v) is 5.56. The molecule has 0 bridgehead atoms. The molecule has 0 radical (unpaired) electrons. The molecule has 13 heavy (non-hydrogen) atoms. The second kappa shape index (κ2) is 4.41. The molecule has 1 N–H and O–H groups in total. The summed E-state index contributed by atoms with van der Waals surface area (Å²) in [6, 6.07) is 5.59. The summed E-state index contributed by atoms with van der Waals surface area (Å²) >= 11 is 0. The molecule has 0 saturated heterocycles. The van der Waals surface area contributed by atoms with Crippen molar-refractivity contribution in [1.29, 1.82) is 0 Å². The van der Waals surface area contributed by atoms with Gasteiger partial charge in [-0.2, -0.15) is 0 Å². The predicted octanol–water partition coefficient (Wildman–Crippen LogP) is 0.421. The summed E-state index contributed by atoms with van der Waals surface area (Å²) in [6.45, 7) is 1.86. The van der Waals surface area contributed by atoms with Crippen LogP contribution in [0.3, 0.4) is 0 Å². The van der Waals surface area contributed by atoms with Crippen LogP contribution >= 0.6 is 0 Å². The molecule has 1 rings (SSSR count). The molecule has 3 nitrogen and oxygen atoms in total. The topological polar surface area (TPSA) is 38.7 Å². The highest BCUT2D eigenvalue weighted by Gasteiger charge is 2.17. The first kappa shape index (κ1) is 10.2. The summed E-state index contributed by atoms with van der Waals surface area (Å²) < 4.78 is 10.4. The third-order valence-electron chi connectivity index (χ3n) is 1.95. The van der Waals surface area contributed by atoms with Crippen molar-refractivity contribution in [2.45, 2.75) is 6.92 Å². The van der Waals surface area contributed by atoms with Gasteiger partial charge >= 0.3 is 9.28 Å². The average Bonchev–Trinajstić information content (AvgIpc) is 2.14. The van der Waals surface area contributed by atoms with Gasteiger partial charge < -0.3 is 14.0 Å². The SMILES string of the molecule is CO[SiH](OC)c1cccc(C)c1O. The van der Waals surface area contributed by atoms with Crippen molar-refractivity contribution in [3.05, 3.63) is 23.8 Å². The van der Waals surface area contributed by atoms with Crippen LogP contribution in [-0.2, 0) is 8.85 Å². The molecule has 0 unspecified atom stereocenters. The Hall–Kier alpha value is -0.843. The molecule has 0 aliphatic rings. The molecule has 0 aliphatic carbocycles. The lowest BCUT2D eigenvalue weighted by atomic mass is 10.2. The number of aromatic hydroxyl groups is 1. The molecule has 0 aliphatic heterocycles. The van der Waals surface area contributed by atoms with Gasteiger partial charge in [-0.25, -0.2) is 0 Å². The first-order valence-electron chi connectivity index (χ1n) is 4.04. The first-order chi connectivity index (χ1) is 6.20. The Morgan fingerprint density at radius 2 is 1.85 bits per heavy atom. The van der Waals surface area contributed by atoms with Crippen LogP contribution < -0.4 is 5.19 Å². The molecule has 0 spiro atoms. The van der Waals surface area contributed by atoms with E-state index in [0.29, 0.717) is 5.75 Å². The fourth-order valence-corrected chi connectivity index (χ4v) is 2.64. The van der Waals surface area contributed by atoms with E-state index in [9.17, 15) is 5.11 Å². The number of benzene rings is 1. The summed E-state index contributed by atoms with van der Waals surface area (Å²) in [5, 5.41) is 10.5. The highest BCUT2D eigenvalue weighted by Crippen LogP contribution is 2.12. The van der Waals surface area contributed by atoms with E-state index in [4.69, 9.17) is 8.85 Å². The molecular weight excluding hydrogens is 184 g/mol. The number of aryl methyl sites for hydroxylation is 1. The minimum Gasteiger partial charge on any atom is -0.508 e. The Labute approximate surface area is 79.8 Å². The molecular formula is C9H14O3Si. The molecule has 0 aromatic heterocycles. The van der Waals surface area contributed by atoms with Crippen LogP contribution in [0.5, 0.6) is 5.75 Å². The highest BCUT2D eigenvalue weighted by atomic mass is 28.3. The number of para-hydroxylation sites is 1. The van der Waals surface area contributed by atoms with Gasteiger partial charge in [0.2, 0.25) is 0 Å². The van der Waals surface area contributed by atoms with Gasteiger partial charge in [-0.1, -0.05) is 18.2 Å². The van der Waals surface area contributed by atoms with Crippen molar-refractivity contribution in [2.75, 3.05) is 14.2 Å². The zero-order chi connectivity index (χ0) is 9.84. The smallest absolute Gasteiger partial charge is 0.359 e. The van der Waals surface area contributed by atoms with Crippen molar-refractivity contribution in [3.8, 4) is 5.75 Å². The maximum absolute atomic E-state index is 9.70. The zero-order valence-corrected chi connectivity index (χ0v) is 9.23. The van der Waals surface area contributed by atoms with E-state index < -0.39 is 9.28 Å². The van der Waals surface area contributed by atoms with E-state index >= 15 is 0 Å². The van der Waals surface area contributed by atoms with Crippen LogP contribution in [-0.4, -0.2) is 28.6 Å². The molecule has 1 aromatic rings. The quantitative estimate of drug-likeness (QED) is 0.715. The van der Waals surface area contributed by atoms with Gasteiger partial charge in [-0.15, -0.1) is 0 Å². The van der Waals surface area contributed by atoms with Gasteiger partial charge in [-0.05, 0) is 12.5 Å². The van der Waals surface area contributed by atoms with Crippen molar-refractivity contribution < 1.29 is 14.0 Å². The van der Waals surface area contributed by atoms with Crippen molar-refractivity contribution in [2.24, 2.45) is 0 Å². The Kier molecular flexibility index (Phi) is 3.47. The number of phenolic OH excluding ortho intramolecular Hbond substituents is 1. The molecule has 72 valence electrons. The Morgan fingerprint density at radius 1 is 1.23 bits per heavy atom. The van der Waals surface area contributed by atoms with Crippen LogP contribution in [0.1, 0.15) is 5.56 Å². The Bertz CT molecular complexity index is 284. The maximum atomic E-state index is 9.70. The van der Waals surface area contributed by atoms with Gasteiger partial charge in [0.1, 0.15) is 5.75 Å². The molecule has 4 heteroatoms. The van der Waals surface area contributed by atoms with E-state index in [1.165, 1.54) is 0 Å². The van der Waals surface area contributed by atoms with Crippen LogP contribution in [0.15, 0.2) is 18.2 Å². The standard InChI is InChI=1S/C9H14O3Si/c1-7-5-4-6-8(9(7)10)13(11-2)12-3/h4-6,10,13H,1-3H3. The Morgan fingerprint density at radius 3 is 2.38 bits per heavy atom. The average molecular weight is 198 g/mol. The van der Waals surface area contributed by atoms with Gasteiger partial charge in [-0.3, -0.25) is 0 Å². The highest BCUT2D eigenvalue weighted by molar-refractivity contribution is 6.62. The third-order valence-corrected chi connectivity index (χ3v) is 3.78. The van der Waals surface area contributed by atoms with E-state index in [0.717, 1.165) is 10.8 Å². The predicted molar refractivity (Wildman–Crippen MR) is 53.6 cm³/mol. The minimum absolute atomic E-state index is 0.294. The molecule has 0 heterocycles. The van der Waals surface area contributed by atoms with Gasteiger partial charge in [0.25, 0.3) is 0 Å². The largest absolute Gasteiger partial charge is 0.508 e. The van der Waals surface area contributed by atoms with Gasteiger partial charge in [0.15, 0.2) is 0 Å².